The van der Waals surface area contributed by atoms with Crippen LogP contribution in [0.3, 0.4) is 0 Å². The molecule has 0 bridgehead atoms. The lowest BCUT2D eigenvalue weighted by atomic mass is 9.86. The summed E-state index contributed by atoms with van der Waals surface area (Å²) in [6.07, 6.45) is 3.53. The van der Waals surface area contributed by atoms with E-state index < -0.39 is 5.92 Å². The molecule has 2 aliphatic carbocycles. The zero-order valence-corrected chi connectivity index (χ0v) is 11.3. The summed E-state index contributed by atoms with van der Waals surface area (Å²) >= 11 is 3.54. The van der Waals surface area contributed by atoms with Gasteiger partial charge in [-0.25, -0.2) is 8.78 Å². The van der Waals surface area contributed by atoms with E-state index in [9.17, 15) is 13.6 Å². The number of rotatable bonds is 2. The second kappa shape index (κ2) is 5.21. The number of hydrogen-bond donors (Lipinski definition) is 1. The summed E-state index contributed by atoms with van der Waals surface area (Å²) in [4.78, 5) is 12.3. The van der Waals surface area contributed by atoms with E-state index in [1.807, 2.05) is 0 Å². The standard InChI is InChI=1S/C12H18BrF2NO/c13-9-2-1-3-10(9)16-11(17)8-4-6-12(14,15)7-5-8/h8-10H,1-7H2,(H,16,17). The van der Waals surface area contributed by atoms with Crippen LogP contribution in [0.15, 0.2) is 0 Å². The topological polar surface area (TPSA) is 29.1 Å². The van der Waals surface area contributed by atoms with Crippen LogP contribution in [-0.2, 0) is 4.79 Å². The van der Waals surface area contributed by atoms with E-state index in [0.29, 0.717) is 17.7 Å². The maximum Gasteiger partial charge on any atom is 0.248 e. The summed E-state index contributed by atoms with van der Waals surface area (Å²) in [5, 5.41) is 2.99. The number of halogens is 3. The molecule has 1 amide bonds. The largest absolute Gasteiger partial charge is 0.352 e. The van der Waals surface area contributed by atoms with Crippen molar-refractivity contribution in [3.05, 3.63) is 0 Å². The van der Waals surface area contributed by atoms with Gasteiger partial charge in [-0.2, -0.15) is 0 Å². The molecule has 2 unspecified atom stereocenters. The Morgan fingerprint density at radius 3 is 2.35 bits per heavy atom. The molecule has 2 atom stereocenters. The second-order valence-electron chi connectivity index (χ2n) is 5.19. The van der Waals surface area contributed by atoms with Crippen molar-refractivity contribution >= 4 is 21.8 Å². The lowest BCUT2D eigenvalue weighted by molar-refractivity contribution is -0.129. The quantitative estimate of drug-likeness (QED) is 0.780. The molecular weight excluding hydrogens is 292 g/mol. The molecule has 0 radical (unpaired) electrons. The predicted molar refractivity (Wildman–Crippen MR) is 65.4 cm³/mol. The fraction of sp³-hybridized carbons (Fsp3) is 0.917. The Morgan fingerprint density at radius 2 is 1.82 bits per heavy atom. The van der Waals surface area contributed by atoms with Crippen molar-refractivity contribution in [2.24, 2.45) is 5.92 Å². The van der Waals surface area contributed by atoms with Gasteiger partial charge in [-0.05, 0) is 25.7 Å². The van der Waals surface area contributed by atoms with Crippen LogP contribution in [0.25, 0.3) is 0 Å². The van der Waals surface area contributed by atoms with Crippen molar-refractivity contribution in [2.45, 2.75) is 61.7 Å². The summed E-state index contributed by atoms with van der Waals surface area (Å²) in [6, 6.07) is 0.185. The van der Waals surface area contributed by atoms with Gasteiger partial charge in [0, 0.05) is 29.6 Å². The van der Waals surface area contributed by atoms with Gasteiger partial charge in [-0.15, -0.1) is 0 Å². The van der Waals surface area contributed by atoms with Crippen molar-refractivity contribution in [2.75, 3.05) is 0 Å². The summed E-state index contributed by atoms with van der Waals surface area (Å²) in [7, 11) is 0. The van der Waals surface area contributed by atoms with E-state index in [1.54, 1.807) is 0 Å². The molecule has 0 aromatic rings. The third-order valence-corrected chi connectivity index (χ3v) is 4.94. The highest BCUT2D eigenvalue weighted by Gasteiger charge is 2.38. The van der Waals surface area contributed by atoms with E-state index >= 15 is 0 Å². The van der Waals surface area contributed by atoms with Crippen molar-refractivity contribution < 1.29 is 13.6 Å². The van der Waals surface area contributed by atoms with Crippen LogP contribution in [0.5, 0.6) is 0 Å². The number of alkyl halides is 3. The van der Waals surface area contributed by atoms with Crippen LogP contribution in [0.1, 0.15) is 44.9 Å². The zero-order chi connectivity index (χ0) is 12.5. The maximum absolute atomic E-state index is 13.0. The minimum Gasteiger partial charge on any atom is -0.352 e. The van der Waals surface area contributed by atoms with Gasteiger partial charge in [0.05, 0.1) is 0 Å². The average Bonchev–Trinajstić information content (AvgIpc) is 2.64. The molecule has 2 fully saturated rings. The van der Waals surface area contributed by atoms with Gasteiger partial charge in [-0.1, -0.05) is 22.4 Å². The van der Waals surface area contributed by atoms with E-state index in [2.05, 4.69) is 21.2 Å². The highest BCUT2D eigenvalue weighted by molar-refractivity contribution is 9.09. The number of amides is 1. The summed E-state index contributed by atoms with van der Waals surface area (Å²) < 4.78 is 25.9. The lowest BCUT2D eigenvalue weighted by Crippen LogP contribution is -2.43. The van der Waals surface area contributed by atoms with Crippen LogP contribution in [-0.4, -0.2) is 22.7 Å². The smallest absolute Gasteiger partial charge is 0.248 e. The maximum atomic E-state index is 13.0. The van der Waals surface area contributed by atoms with Crippen molar-refractivity contribution in [3.8, 4) is 0 Å². The van der Waals surface area contributed by atoms with Crippen molar-refractivity contribution in [3.63, 3.8) is 0 Å². The van der Waals surface area contributed by atoms with Crippen molar-refractivity contribution in [1.29, 1.82) is 0 Å². The van der Waals surface area contributed by atoms with Crippen LogP contribution < -0.4 is 5.32 Å². The fourth-order valence-electron chi connectivity index (χ4n) is 2.68. The highest BCUT2D eigenvalue weighted by atomic mass is 79.9. The first-order valence-electron chi connectivity index (χ1n) is 6.30. The minimum atomic E-state index is -2.55. The van der Waals surface area contributed by atoms with Gasteiger partial charge in [0.25, 0.3) is 0 Å². The van der Waals surface area contributed by atoms with Crippen LogP contribution in [0.2, 0.25) is 0 Å². The van der Waals surface area contributed by atoms with Gasteiger partial charge >= 0.3 is 0 Å². The highest BCUT2D eigenvalue weighted by Crippen LogP contribution is 2.36. The molecule has 2 saturated carbocycles. The number of carbonyl (C=O) groups excluding carboxylic acids is 1. The molecule has 1 N–H and O–H groups in total. The van der Waals surface area contributed by atoms with E-state index in [-0.39, 0.29) is 30.7 Å². The Hall–Kier alpha value is -0.190. The molecule has 2 nitrogen and oxygen atoms in total. The Kier molecular flexibility index (Phi) is 4.06. The summed E-state index contributed by atoms with van der Waals surface area (Å²) in [5.74, 6) is -2.80. The first-order chi connectivity index (χ1) is 7.98. The summed E-state index contributed by atoms with van der Waals surface area (Å²) in [6.45, 7) is 0. The fourth-order valence-corrected chi connectivity index (χ4v) is 3.40. The van der Waals surface area contributed by atoms with Crippen LogP contribution in [0, 0.1) is 5.92 Å². The zero-order valence-electron chi connectivity index (χ0n) is 9.72. The van der Waals surface area contributed by atoms with E-state index in [1.165, 1.54) is 0 Å². The number of hydrogen-bond acceptors (Lipinski definition) is 1. The normalized spacial score (nSPS) is 33.6. The van der Waals surface area contributed by atoms with Crippen molar-refractivity contribution in [1.82, 2.24) is 5.32 Å². The molecule has 0 aromatic carbocycles. The monoisotopic (exact) mass is 309 g/mol. The molecule has 0 aliphatic heterocycles. The van der Waals surface area contributed by atoms with Gasteiger partial charge in [0.2, 0.25) is 11.8 Å². The first kappa shape index (κ1) is 13.2. The molecule has 2 rings (SSSR count). The number of nitrogens with one attached hydrogen (secondary N) is 1. The lowest BCUT2D eigenvalue weighted by Gasteiger charge is -2.28. The molecule has 0 heterocycles. The van der Waals surface area contributed by atoms with Gasteiger partial charge in [0.15, 0.2) is 0 Å². The molecule has 5 heteroatoms. The van der Waals surface area contributed by atoms with Gasteiger partial charge in [-0.3, -0.25) is 4.79 Å². The third kappa shape index (κ3) is 3.39. The molecule has 98 valence electrons. The van der Waals surface area contributed by atoms with Gasteiger partial charge < -0.3 is 5.32 Å². The average molecular weight is 310 g/mol. The van der Waals surface area contributed by atoms with Crippen LogP contribution >= 0.6 is 15.9 Å². The first-order valence-corrected chi connectivity index (χ1v) is 7.22. The Labute approximate surface area is 109 Å². The van der Waals surface area contributed by atoms with E-state index in [0.717, 1.165) is 19.3 Å². The Bertz CT molecular complexity index is 288. The third-order valence-electron chi connectivity index (χ3n) is 3.85. The minimum absolute atomic E-state index is 0.0307. The Balaban J connectivity index is 1.81. The summed E-state index contributed by atoms with van der Waals surface area (Å²) in [5.41, 5.74) is 0. The molecular formula is C12H18BrF2NO. The molecule has 0 saturated heterocycles. The Morgan fingerprint density at radius 1 is 1.18 bits per heavy atom. The molecule has 0 aromatic heterocycles. The molecule has 2 aliphatic rings. The second-order valence-corrected chi connectivity index (χ2v) is 6.37. The predicted octanol–water partition coefficient (Wildman–Crippen LogP) is 3.24. The molecule has 0 spiro atoms. The van der Waals surface area contributed by atoms with Gasteiger partial charge in [0.1, 0.15) is 0 Å². The van der Waals surface area contributed by atoms with Crippen LogP contribution in [0.4, 0.5) is 8.78 Å². The SMILES string of the molecule is O=C(NC1CCCC1Br)C1CCC(F)(F)CC1. The van der Waals surface area contributed by atoms with E-state index in [4.69, 9.17) is 0 Å². The molecule has 17 heavy (non-hydrogen) atoms. The number of carbonyl (C=O) groups is 1.